The molecular weight excluding hydrogens is 895 g/mol. The Kier molecular flexibility index (Phi) is 8.18. The van der Waals surface area contributed by atoms with Crippen LogP contribution in [0.5, 0.6) is 23.0 Å². The normalized spacial score (nSPS) is 14.3. The van der Waals surface area contributed by atoms with Gasteiger partial charge in [0.25, 0.3) is 0 Å². The van der Waals surface area contributed by atoms with Gasteiger partial charge in [-0.15, -0.1) is 11.3 Å². The summed E-state index contributed by atoms with van der Waals surface area (Å²) in [6, 6.07) is 91.4. The number of hydrogen-bond donors (Lipinski definition) is 0. The smallest absolute Gasteiger partial charge is 0.132 e. The second kappa shape index (κ2) is 14.8. The third-order valence-electron chi connectivity index (χ3n) is 16.0. The molecule has 3 nitrogen and oxygen atoms in total. The quantitative estimate of drug-likeness (QED) is 0.176. The van der Waals surface area contributed by atoms with Crippen LogP contribution in [0.1, 0.15) is 44.5 Å². The van der Waals surface area contributed by atoms with Crippen molar-refractivity contribution in [2.24, 2.45) is 0 Å². The second-order valence-corrected chi connectivity index (χ2v) is 20.5. The Morgan fingerprint density at radius 2 is 0.681 bits per heavy atom. The van der Waals surface area contributed by atoms with Crippen molar-refractivity contribution in [2.75, 3.05) is 4.90 Å². The first-order chi connectivity index (χ1) is 35.7. The van der Waals surface area contributed by atoms with E-state index in [1.165, 1.54) is 75.8 Å². The molecule has 0 fully saturated rings. The maximum Gasteiger partial charge on any atom is 0.132 e. The standard InChI is InChI=1S/C68H41NO2S/c1-4-20-52-47(16-1)50-40-44(36-38-54(50)67(52)56-22-6-10-26-60(56)70-61-27-11-7-23-57(61)67)69(43-34-32-42(33-35-43)46-19-15-31-65-66(46)49-18-3-14-30-64(49)72-65)45-37-39-55-51(41-45)48-17-2-5-21-53(48)68(55)58-24-8-12-28-62(58)71-63-29-13-9-25-59(63)68/h1-41H. The summed E-state index contributed by atoms with van der Waals surface area (Å²) in [5.74, 6) is 3.56. The van der Waals surface area contributed by atoms with Crippen molar-refractivity contribution in [1.29, 1.82) is 0 Å². The van der Waals surface area contributed by atoms with Gasteiger partial charge in [0.05, 0.1) is 10.8 Å². The maximum absolute atomic E-state index is 6.68. The fraction of sp³-hybridized carbons (Fsp3) is 0.0294. The average molecular weight is 936 g/mol. The average Bonchev–Trinajstić information content (AvgIpc) is 4.07. The Morgan fingerprint density at radius 1 is 0.292 bits per heavy atom. The van der Waals surface area contributed by atoms with E-state index in [0.29, 0.717) is 0 Å². The first kappa shape index (κ1) is 39.8. The zero-order chi connectivity index (χ0) is 47.1. The van der Waals surface area contributed by atoms with Crippen molar-refractivity contribution in [3.63, 3.8) is 0 Å². The lowest BCUT2D eigenvalue weighted by atomic mass is 9.66. The highest BCUT2D eigenvalue weighted by atomic mass is 32.1. The molecule has 0 N–H and O–H groups in total. The monoisotopic (exact) mass is 935 g/mol. The highest BCUT2D eigenvalue weighted by Crippen LogP contribution is 2.65. The van der Waals surface area contributed by atoms with Crippen LogP contribution in [0.15, 0.2) is 249 Å². The first-order valence-electron chi connectivity index (χ1n) is 24.7. The predicted octanol–water partition coefficient (Wildman–Crippen LogP) is 18.1. The van der Waals surface area contributed by atoms with Gasteiger partial charge in [0.1, 0.15) is 23.0 Å². The van der Waals surface area contributed by atoms with Gasteiger partial charge in [0.15, 0.2) is 0 Å². The number of nitrogens with zero attached hydrogens (tertiary/aromatic N) is 1. The molecule has 16 rings (SSSR count). The van der Waals surface area contributed by atoms with E-state index in [4.69, 9.17) is 9.47 Å². The minimum Gasteiger partial charge on any atom is -0.457 e. The van der Waals surface area contributed by atoms with E-state index < -0.39 is 10.8 Å². The van der Waals surface area contributed by atoms with Crippen LogP contribution in [0.3, 0.4) is 0 Å². The first-order valence-corrected chi connectivity index (χ1v) is 25.5. The van der Waals surface area contributed by atoms with Crippen molar-refractivity contribution in [1.82, 2.24) is 0 Å². The van der Waals surface area contributed by atoms with Crippen LogP contribution < -0.4 is 14.4 Å². The lowest BCUT2D eigenvalue weighted by Crippen LogP contribution is -2.32. The molecule has 2 aliphatic heterocycles. The summed E-state index contributed by atoms with van der Waals surface area (Å²) in [6.07, 6.45) is 0. The van der Waals surface area contributed by atoms with Crippen molar-refractivity contribution < 1.29 is 9.47 Å². The predicted molar refractivity (Wildman–Crippen MR) is 294 cm³/mol. The minimum atomic E-state index is -0.558. The molecule has 0 saturated carbocycles. The molecule has 0 atom stereocenters. The van der Waals surface area contributed by atoms with Crippen LogP contribution in [0, 0.1) is 0 Å². The van der Waals surface area contributed by atoms with E-state index in [1.807, 2.05) is 11.3 Å². The minimum absolute atomic E-state index is 0.558. The molecular formula is C68H41NO2S. The molecule has 3 heterocycles. The Labute approximate surface area is 421 Å². The highest BCUT2D eigenvalue weighted by Gasteiger charge is 2.53. The van der Waals surface area contributed by atoms with E-state index >= 15 is 0 Å². The third kappa shape index (κ3) is 5.18. The lowest BCUT2D eigenvalue weighted by molar-refractivity contribution is 0.436. The highest BCUT2D eigenvalue weighted by molar-refractivity contribution is 7.25. The van der Waals surface area contributed by atoms with E-state index in [-0.39, 0.29) is 0 Å². The van der Waals surface area contributed by atoms with Crippen LogP contribution in [0.2, 0.25) is 0 Å². The van der Waals surface area contributed by atoms with E-state index in [9.17, 15) is 0 Å². The summed E-state index contributed by atoms with van der Waals surface area (Å²) in [6.45, 7) is 0. The number of thiophene rings is 1. The number of benzene rings is 11. The molecule has 0 amide bonds. The van der Waals surface area contributed by atoms with Crippen LogP contribution >= 0.6 is 11.3 Å². The molecule has 336 valence electrons. The van der Waals surface area contributed by atoms with Gasteiger partial charge < -0.3 is 14.4 Å². The van der Waals surface area contributed by atoms with Crippen LogP contribution in [-0.2, 0) is 10.8 Å². The molecule has 72 heavy (non-hydrogen) atoms. The summed E-state index contributed by atoms with van der Waals surface area (Å²) in [5, 5.41) is 2.61. The molecule has 4 heteroatoms. The Bertz CT molecular complexity index is 3970. The maximum atomic E-state index is 6.68. The number of anilines is 3. The molecule has 0 bridgehead atoms. The van der Waals surface area contributed by atoms with Crippen LogP contribution in [0.4, 0.5) is 17.1 Å². The summed E-state index contributed by atoms with van der Waals surface area (Å²) in [4.78, 5) is 2.46. The van der Waals surface area contributed by atoms with Gasteiger partial charge in [-0.25, -0.2) is 0 Å². The Balaban J connectivity index is 0.928. The molecule has 2 spiro atoms. The summed E-state index contributed by atoms with van der Waals surface area (Å²) < 4.78 is 16.0. The number of ether oxygens (including phenoxy) is 2. The van der Waals surface area contributed by atoms with Crippen molar-refractivity contribution in [3.8, 4) is 56.4 Å². The number of rotatable bonds is 4. The third-order valence-corrected chi connectivity index (χ3v) is 17.2. The van der Waals surface area contributed by atoms with Gasteiger partial charge in [-0.3, -0.25) is 0 Å². The number of fused-ring (bicyclic) bond motifs is 21. The molecule has 4 aliphatic rings. The molecule has 0 unspecified atom stereocenters. The van der Waals surface area contributed by atoms with E-state index in [2.05, 4.69) is 254 Å². The molecule has 12 aromatic rings. The van der Waals surface area contributed by atoms with Gasteiger partial charge in [-0.2, -0.15) is 0 Å². The SMILES string of the molecule is c1ccc2c(c1)Oc1ccccc1C21c2ccccc2-c2cc(N(c3ccc(-c4cccc5sc6ccccc6c45)cc3)c3ccc4c(c3)-c3ccccc3C43c4ccccc4Oc4ccccc43)ccc21. The molecule has 0 saturated heterocycles. The topological polar surface area (TPSA) is 21.7 Å². The number of para-hydroxylation sites is 4. The van der Waals surface area contributed by atoms with Crippen molar-refractivity contribution >= 4 is 48.6 Å². The van der Waals surface area contributed by atoms with Gasteiger partial charge in [-0.05, 0) is 128 Å². The zero-order valence-corrected chi connectivity index (χ0v) is 39.7. The van der Waals surface area contributed by atoms with Gasteiger partial charge in [0, 0.05) is 59.5 Å². The zero-order valence-electron chi connectivity index (χ0n) is 38.8. The second-order valence-electron chi connectivity index (χ2n) is 19.4. The molecule has 2 aliphatic carbocycles. The summed E-state index contributed by atoms with van der Waals surface area (Å²) >= 11 is 1.86. The lowest BCUT2D eigenvalue weighted by Gasteiger charge is -2.39. The van der Waals surface area contributed by atoms with Crippen LogP contribution in [0.25, 0.3) is 53.6 Å². The van der Waals surface area contributed by atoms with Gasteiger partial charge in [0.2, 0.25) is 0 Å². The summed E-state index contributed by atoms with van der Waals surface area (Å²) in [7, 11) is 0. The number of hydrogen-bond acceptors (Lipinski definition) is 4. The summed E-state index contributed by atoms with van der Waals surface area (Å²) in [5.41, 5.74) is 19.1. The van der Waals surface area contributed by atoms with Crippen LogP contribution in [-0.4, -0.2) is 0 Å². The van der Waals surface area contributed by atoms with Crippen molar-refractivity contribution in [3.05, 3.63) is 293 Å². The molecule has 0 radical (unpaired) electrons. The van der Waals surface area contributed by atoms with E-state index in [1.54, 1.807) is 0 Å². The molecule has 1 aromatic heterocycles. The van der Waals surface area contributed by atoms with Gasteiger partial charge in [-0.1, -0.05) is 176 Å². The Morgan fingerprint density at radius 3 is 1.19 bits per heavy atom. The van der Waals surface area contributed by atoms with Crippen molar-refractivity contribution in [2.45, 2.75) is 10.8 Å². The fourth-order valence-corrected chi connectivity index (χ4v) is 14.4. The van der Waals surface area contributed by atoms with Gasteiger partial charge >= 0.3 is 0 Å². The molecule has 11 aromatic carbocycles. The Hall–Kier alpha value is -8.96. The fourth-order valence-electron chi connectivity index (χ4n) is 13.2. The van der Waals surface area contributed by atoms with E-state index in [0.717, 1.165) is 62.3 Å². The largest absolute Gasteiger partial charge is 0.457 e.